The minimum Gasteiger partial charge on any atom is -0.494 e. The van der Waals surface area contributed by atoms with Crippen molar-refractivity contribution < 1.29 is 28.5 Å². The van der Waals surface area contributed by atoms with Crippen molar-refractivity contribution in [3.05, 3.63) is 119 Å². The maximum absolute atomic E-state index is 12.4. The summed E-state index contributed by atoms with van der Waals surface area (Å²) in [5.74, 6) is 0.941. The minimum atomic E-state index is -0.368. The Morgan fingerprint density at radius 1 is 0.490 bits per heavy atom. The summed E-state index contributed by atoms with van der Waals surface area (Å²) in [6, 6.07) is 29.6. The van der Waals surface area contributed by atoms with Crippen molar-refractivity contribution in [3.63, 3.8) is 0 Å². The van der Waals surface area contributed by atoms with Gasteiger partial charge in [0.05, 0.1) is 48.9 Å². The highest BCUT2D eigenvalue weighted by Gasteiger charge is 2.08. The quantitative estimate of drug-likeness (QED) is 0.0531. The van der Waals surface area contributed by atoms with Crippen LogP contribution in [0.4, 0.5) is 11.4 Å². The second kappa shape index (κ2) is 20.9. The molecule has 0 radical (unpaired) electrons. The SMILES string of the molecule is CCCCOc1ccc(N=Cc2ccc(C(=O)OCCCCCOC(=O)c3ccc(C=Nc4ccc(OCCCC)cc4)cc3)cc2)cc1. The normalized spacial score (nSPS) is 11.1. The zero-order chi connectivity index (χ0) is 34.5. The molecule has 0 saturated heterocycles. The Bertz CT molecular complexity index is 1490. The third-order valence-electron chi connectivity index (χ3n) is 7.48. The number of rotatable bonds is 20. The molecular weight excluding hydrogens is 616 g/mol. The van der Waals surface area contributed by atoms with Crippen LogP contribution in [-0.2, 0) is 9.47 Å². The van der Waals surface area contributed by atoms with Crippen molar-refractivity contribution in [1.29, 1.82) is 0 Å². The summed E-state index contributed by atoms with van der Waals surface area (Å²) in [6.07, 6.45) is 9.90. The van der Waals surface area contributed by atoms with Crippen LogP contribution in [0, 0.1) is 0 Å². The maximum atomic E-state index is 12.4. The van der Waals surface area contributed by atoms with Crippen molar-refractivity contribution in [2.45, 2.75) is 58.8 Å². The average Bonchev–Trinajstić information content (AvgIpc) is 3.14. The van der Waals surface area contributed by atoms with Gasteiger partial charge in [-0.25, -0.2) is 9.59 Å². The molecule has 8 nitrogen and oxygen atoms in total. The molecule has 0 atom stereocenters. The first-order valence-electron chi connectivity index (χ1n) is 17.1. The number of benzene rings is 4. The first-order chi connectivity index (χ1) is 24.0. The third-order valence-corrected chi connectivity index (χ3v) is 7.48. The smallest absolute Gasteiger partial charge is 0.338 e. The first-order valence-corrected chi connectivity index (χ1v) is 17.1. The van der Waals surface area contributed by atoms with Crippen LogP contribution < -0.4 is 9.47 Å². The van der Waals surface area contributed by atoms with E-state index in [0.29, 0.717) is 50.4 Å². The van der Waals surface area contributed by atoms with Gasteiger partial charge in [0.25, 0.3) is 0 Å². The number of aliphatic imine (C=N–C) groups is 2. The van der Waals surface area contributed by atoms with Gasteiger partial charge in [-0.05, 0) is 116 Å². The van der Waals surface area contributed by atoms with Crippen molar-refractivity contribution in [2.24, 2.45) is 9.98 Å². The second-order valence-corrected chi connectivity index (χ2v) is 11.5. The molecule has 0 bridgehead atoms. The van der Waals surface area contributed by atoms with E-state index in [-0.39, 0.29) is 11.9 Å². The number of hydrogen-bond acceptors (Lipinski definition) is 8. The molecule has 0 aliphatic carbocycles. The number of carbonyl (C=O) groups excluding carboxylic acids is 2. The molecule has 0 unspecified atom stereocenters. The molecule has 0 saturated carbocycles. The van der Waals surface area contributed by atoms with Crippen LogP contribution in [0.1, 0.15) is 90.6 Å². The predicted octanol–water partition coefficient (Wildman–Crippen LogP) is 9.73. The summed E-state index contributed by atoms with van der Waals surface area (Å²) in [6.45, 7) is 6.30. The van der Waals surface area contributed by atoms with Gasteiger partial charge in [0.2, 0.25) is 0 Å². The molecule has 0 heterocycles. The number of unbranched alkanes of at least 4 members (excludes halogenated alkanes) is 4. The van der Waals surface area contributed by atoms with E-state index < -0.39 is 0 Å². The Labute approximate surface area is 289 Å². The van der Waals surface area contributed by atoms with Crippen LogP contribution in [0.3, 0.4) is 0 Å². The highest BCUT2D eigenvalue weighted by molar-refractivity contribution is 5.91. The Morgan fingerprint density at radius 2 is 0.878 bits per heavy atom. The van der Waals surface area contributed by atoms with E-state index in [4.69, 9.17) is 18.9 Å². The lowest BCUT2D eigenvalue weighted by molar-refractivity contribution is 0.0478. The standard InChI is InChI=1S/C41H46N2O6/c1-3-5-26-46-38-22-18-36(19-23-38)42-30-32-10-14-34(15-11-32)40(44)48-28-8-7-9-29-49-41(45)35-16-12-33(13-17-35)31-43-37-20-24-39(25-21-37)47-27-6-4-2/h10-25,30-31H,3-9,26-29H2,1-2H3. The largest absolute Gasteiger partial charge is 0.494 e. The van der Waals surface area contributed by atoms with Crippen molar-refractivity contribution in [1.82, 2.24) is 0 Å². The molecule has 4 rings (SSSR count). The summed E-state index contributed by atoms with van der Waals surface area (Å²) in [4.78, 5) is 33.9. The number of hydrogen-bond donors (Lipinski definition) is 0. The van der Waals surface area contributed by atoms with E-state index in [0.717, 1.165) is 66.1 Å². The molecule has 0 aliphatic heterocycles. The lowest BCUT2D eigenvalue weighted by Gasteiger charge is -2.07. The van der Waals surface area contributed by atoms with E-state index >= 15 is 0 Å². The van der Waals surface area contributed by atoms with E-state index in [1.54, 1.807) is 36.7 Å². The van der Waals surface area contributed by atoms with E-state index in [9.17, 15) is 9.59 Å². The zero-order valence-corrected chi connectivity index (χ0v) is 28.5. The minimum absolute atomic E-state index is 0.300. The van der Waals surface area contributed by atoms with Crippen LogP contribution in [0.2, 0.25) is 0 Å². The summed E-state index contributed by atoms with van der Waals surface area (Å²) in [5.41, 5.74) is 4.37. The average molecular weight is 663 g/mol. The molecular formula is C41H46N2O6. The molecule has 4 aromatic rings. The van der Waals surface area contributed by atoms with Gasteiger partial charge >= 0.3 is 11.9 Å². The summed E-state index contributed by atoms with van der Waals surface area (Å²) < 4.78 is 22.2. The number of esters is 2. The summed E-state index contributed by atoms with van der Waals surface area (Å²) >= 11 is 0. The first kappa shape index (κ1) is 36.6. The van der Waals surface area contributed by atoms with Crippen LogP contribution in [0.5, 0.6) is 11.5 Å². The van der Waals surface area contributed by atoms with E-state index in [1.165, 1.54) is 0 Å². The molecule has 4 aromatic carbocycles. The molecule has 0 fully saturated rings. The fourth-order valence-corrected chi connectivity index (χ4v) is 4.51. The third kappa shape index (κ3) is 13.4. The highest BCUT2D eigenvalue weighted by Crippen LogP contribution is 2.20. The monoisotopic (exact) mass is 662 g/mol. The van der Waals surface area contributed by atoms with Crippen molar-refractivity contribution in [3.8, 4) is 11.5 Å². The Kier molecular flexibility index (Phi) is 15.6. The van der Waals surface area contributed by atoms with Crippen LogP contribution >= 0.6 is 0 Å². The number of carbonyl (C=O) groups is 2. The second-order valence-electron chi connectivity index (χ2n) is 11.5. The molecule has 0 aromatic heterocycles. The molecule has 0 amide bonds. The topological polar surface area (TPSA) is 95.8 Å². The van der Waals surface area contributed by atoms with E-state index in [2.05, 4.69) is 23.8 Å². The van der Waals surface area contributed by atoms with Crippen molar-refractivity contribution >= 4 is 35.7 Å². The number of nitrogens with zero attached hydrogens (tertiary/aromatic N) is 2. The maximum Gasteiger partial charge on any atom is 0.338 e. The molecule has 49 heavy (non-hydrogen) atoms. The van der Waals surface area contributed by atoms with Gasteiger partial charge in [-0.15, -0.1) is 0 Å². The van der Waals surface area contributed by atoms with E-state index in [1.807, 2.05) is 72.8 Å². The lowest BCUT2D eigenvalue weighted by Crippen LogP contribution is -2.08. The van der Waals surface area contributed by atoms with Gasteiger partial charge in [0.15, 0.2) is 0 Å². The van der Waals surface area contributed by atoms with Gasteiger partial charge in [-0.3, -0.25) is 9.98 Å². The summed E-state index contributed by atoms with van der Waals surface area (Å²) in [5, 5.41) is 0. The molecule has 0 N–H and O–H groups in total. The Hall–Kier alpha value is -5.24. The van der Waals surface area contributed by atoms with Gasteiger partial charge in [-0.2, -0.15) is 0 Å². The van der Waals surface area contributed by atoms with Crippen LogP contribution in [0.25, 0.3) is 0 Å². The van der Waals surface area contributed by atoms with Crippen molar-refractivity contribution in [2.75, 3.05) is 26.4 Å². The van der Waals surface area contributed by atoms with Gasteiger partial charge in [-0.1, -0.05) is 51.0 Å². The van der Waals surface area contributed by atoms with Gasteiger partial charge in [0, 0.05) is 12.4 Å². The lowest BCUT2D eigenvalue weighted by atomic mass is 10.1. The van der Waals surface area contributed by atoms with Gasteiger partial charge < -0.3 is 18.9 Å². The Balaban J connectivity index is 1.08. The van der Waals surface area contributed by atoms with Gasteiger partial charge in [0.1, 0.15) is 11.5 Å². The molecule has 0 aliphatic rings. The molecule has 0 spiro atoms. The fourth-order valence-electron chi connectivity index (χ4n) is 4.51. The fraction of sp³-hybridized carbons (Fsp3) is 0.317. The molecule has 256 valence electrons. The predicted molar refractivity (Wildman–Crippen MR) is 195 cm³/mol. The Morgan fingerprint density at radius 3 is 1.24 bits per heavy atom. The highest BCUT2D eigenvalue weighted by atomic mass is 16.5. The summed E-state index contributed by atoms with van der Waals surface area (Å²) in [7, 11) is 0. The van der Waals surface area contributed by atoms with Crippen LogP contribution in [-0.4, -0.2) is 50.8 Å². The zero-order valence-electron chi connectivity index (χ0n) is 28.5. The number of ether oxygens (including phenoxy) is 4. The van der Waals surface area contributed by atoms with Crippen LogP contribution in [0.15, 0.2) is 107 Å². The molecule has 8 heteroatoms.